The summed E-state index contributed by atoms with van der Waals surface area (Å²) in [5.74, 6) is 1.02. The van der Waals surface area contributed by atoms with Gasteiger partial charge in [-0.15, -0.1) is 0 Å². The van der Waals surface area contributed by atoms with Crippen molar-refractivity contribution in [1.82, 2.24) is 10.2 Å². The summed E-state index contributed by atoms with van der Waals surface area (Å²) in [7, 11) is 4.18. The molecule has 0 saturated heterocycles. The van der Waals surface area contributed by atoms with Crippen LogP contribution < -0.4 is 10.2 Å². The van der Waals surface area contributed by atoms with E-state index in [2.05, 4.69) is 58.5 Å². The average Bonchev–Trinajstić information content (AvgIpc) is 2.76. The second-order valence-electron chi connectivity index (χ2n) is 4.31. The van der Waals surface area contributed by atoms with Crippen LogP contribution in [0.2, 0.25) is 0 Å². The predicted octanol–water partition coefficient (Wildman–Crippen LogP) is 1.01. The topological polar surface area (TPSA) is 30.9 Å². The van der Waals surface area contributed by atoms with Gasteiger partial charge < -0.3 is 15.1 Å². The van der Waals surface area contributed by atoms with Crippen LogP contribution in [0.15, 0.2) is 35.3 Å². The molecule has 17 heavy (non-hydrogen) atoms. The molecular formula is C13H20N4. The van der Waals surface area contributed by atoms with Crippen molar-refractivity contribution in [1.29, 1.82) is 0 Å². The van der Waals surface area contributed by atoms with Gasteiger partial charge in [0.15, 0.2) is 5.96 Å². The standard InChI is InChI=1S/C13H20N4/c1-16(12-6-4-3-5-7-12)10-8-14-13-15-9-11-17(13)2/h3-7H,8-11H2,1-2H3,(H,14,15). The number of nitrogens with one attached hydrogen (secondary N) is 1. The summed E-state index contributed by atoms with van der Waals surface area (Å²) < 4.78 is 0. The molecule has 92 valence electrons. The number of aliphatic imine (C=N–C) groups is 1. The first-order valence-electron chi connectivity index (χ1n) is 6.03. The third-order valence-electron chi connectivity index (χ3n) is 2.99. The largest absolute Gasteiger partial charge is 0.373 e. The smallest absolute Gasteiger partial charge is 0.193 e. The monoisotopic (exact) mass is 232 g/mol. The maximum atomic E-state index is 4.40. The van der Waals surface area contributed by atoms with E-state index >= 15 is 0 Å². The molecule has 1 aliphatic heterocycles. The van der Waals surface area contributed by atoms with Crippen LogP contribution in [-0.2, 0) is 0 Å². The molecule has 1 aliphatic rings. The number of hydrogen-bond donors (Lipinski definition) is 1. The fraction of sp³-hybridized carbons (Fsp3) is 0.462. The van der Waals surface area contributed by atoms with E-state index in [1.807, 2.05) is 6.07 Å². The van der Waals surface area contributed by atoms with Gasteiger partial charge in [0.2, 0.25) is 0 Å². The van der Waals surface area contributed by atoms with Gasteiger partial charge in [-0.2, -0.15) is 0 Å². The van der Waals surface area contributed by atoms with Gasteiger partial charge in [0.05, 0.1) is 6.54 Å². The molecule has 0 fully saturated rings. The molecule has 4 heteroatoms. The number of likely N-dealkylation sites (N-methyl/N-ethyl adjacent to an activating group) is 2. The summed E-state index contributed by atoms with van der Waals surface area (Å²) in [6, 6.07) is 10.4. The second-order valence-corrected chi connectivity index (χ2v) is 4.31. The van der Waals surface area contributed by atoms with Crippen molar-refractivity contribution < 1.29 is 0 Å². The summed E-state index contributed by atoms with van der Waals surface area (Å²) in [4.78, 5) is 8.79. The molecule has 0 spiro atoms. The molecule has 0 aromatic heterocycles. The van der Waals surface area contributed by atoms with E-state index < -0.39 is 0 Å². The Morgan fingerprint density at radius 2 is 2.12 bits per heavy atom. The SMILES string of the molecule is CN1CCN=C1NCCN(C)c1ccccc1. The van der Waals surface area contributed by atoms with Crippen LogP contribution in [0, 0.1) is 0 Å². The Labute approximate surface area is 103 Å². The zero-order chi connectivity index (χ0) is 12.1. The van der Waals surface area contributed by atoms with Gasteiger partial charge in [0.25, 0.3) is 0 Å². The van der Waals surface area contributed by atoms with Crippen LogP contribution in [0.5, 0.6) is 0 Å². The number of para-hydroxylation sites is 1. The lowest BCUT2D eigenvalue weighted by Crippen LogP contribution is -2.39. The highest BCUT2D eigenvalue weighted by Crippen LogP contribution is 2.09. The third kappa shape index (κ3) is 3.12. The van der Waals surface area contributed by atoms with Crippen LogP contribution in [0.25, 0.3) is 0 Å². The first kappa shape index (κ1) is 11.8. The van der Waals surface area contributed by atoms with Crippen LogP contribution in [0.4, 0.5) is 5.69 Å². The van der Waals surface area contributed by atoms with E-state index in [4.69, 9.17) is 0 Å². The second kappa shape index (κ2) is 5.57. The fourth-order valence-corrected chi connectivity index (χ4v) is 1.87. The van der Waals surface area contributed by atoms with Crippen LogP contribution >= 0.6 is 0 Å². The Hall–Kier alpha value is -1.71. The summed E-state index contributed by atoms with van der Waals surface area (Å²) in [5, 5.41) is 3.37. The first-order valence-corrected chi connectivity index (χ1v) is 6.03. The van der Waals surface area contributed by atoms with Crippen molar-refractivity contribution in [3.05, 3.63) is 30.3 Å². The molecule has 1 N–H and O–H groups in total. The molecular weight excluding hydrogens is 212 g/mol. The minimum Gasteiger partial charge on any atom is -0.373 e. The molecule has 0 saturated carbocycles. The molecule has 2 rings (SSSR count). The molecule has 0 bridgehead atoms. The number of anilines is 1. The van der Waals surface area contributed by atoms with Crippen LogP contribution in [0.3, 0.4) is 0 Å². The highest BCUT2D eigenvalue weighted by atomic mass is 15.3. The molecule has 1 aromatic rings. The normalized spacial score (nSPS) is 14.7. The molecule has 0 radical (unpaired) electrons. The van der Waals surface area contributed by atoms with Gasteiger partial charge in [-0.3, -0.25) is 4.99 Å². The Morgan fingerprint density at radius 1 is 1.35 bits per heavy atom. The van der Waals surface area contributed by atoms with Crippen LogP contribution in [0.1, 0.15) is 0 Å². The Morgan fingerprint density at radius 3 is 2.76 bits per heavy atom. The maximum Gasteiger partial charge on any atom is 0.193 e. The van der Waals surface area contributed by atoms with Gasteiger partial charge in [0.1, 0.15) is 0 Å². The molecule has 4 nitrogen and oxygen atoms in total. The van der Waals surface area contributed by atoms with E-state index in [9.17, 15) is 0 Å². The molecule has 1 heterocycles. The van der Waals surface area contributed by atoms with Crippen LogP contribution in [-0.4, -0.2) is 51.1 Å². The van der Waals surface area contributed by atoms with Crippen molar-refractivity contribution in [2.45, 2.75) is 0 Å². The van der Waals surface area contributed by atoms with E-state index in [0.29, 0.717) is 0 Å². The zero-order valence-electron chi connectivity index (χ0n) is 10.6. The Bertz CT molecular complexity index is 374. The van der Waals surface area contributed by atoms with Crippen molar-refractivity contribution in [3.8, 4) is 0 Å². The summed E-state index contributed by atoms with van der Waals surface area (Å²) in [5.41, 5.74) is 1.25. The summed E-state index contributed by atoms with van der Waals surface area (Å²) >= 11 is 0. The van der Waals surface area contributed by atoms with Gasteiger partial charge in [-0.25, -0.2) is 0 Å². The number of benzene rings is 1. The predicted molar refractivity (Wildman–Crippen MR) is 72.6 cm³/mol. The van der Waals surface area contributed by atoms with Crippen molar-refractivity contribution >= 4 is 11.6 Å². The van der Waals surface area contributed by atoms with E-state index in [-0.39, 0.29) is 0 Å². The minimum atomic E-state index is 0.910. The Kier molecular flexibility index (Phi) is 3.85. The lowest BCUT2D eigenvalue weighted by molar-refractivity contribution is 0.534. The quantitative estimate of drug-likeness (QED) is 0.840. The number of hydrogen-bond acceptors (Lipinski definition) is 4. The lowest BCUT2D eigenvalue weighted by atomic mass is 10.3. The summed E-state index contributed by atoms with van der Waals surface area (Å²) in [6.45, 7) is 3.82. The van der Waals surface area contributed by atoms with Crippen molar-refractivity contribution in [2.24, 2.45) is 4.99 Å². The van der Waals surface area contributed by atoms with Gasteiger partial charge >= 0.3 is 0 Å². The first-order chi connectivity index (χ1) is 8.27. The Balaban J connectivity index is 1.75. The summed E-state index contributed by atoms with van der Waals surface area (Å²) in [6.07, 6.45) is 0. The molecule has 0 amide bonds. The van der Waals surface area contributed by atoms with Gasteiger partial charge in [-0.05, 0) is 12.1 Å². The van der Waals surface area contributed by atoms with Gasteiger partial charge in [-0.1, -0.05) is 18.2 Å². The highest BCUT2D eigenvalue weighted by molar-refractivity contribution is 5.81. The van der Waals surface area contributed by atoms with Gasteiger partial charge in [0, 0.05) is 39.4 Å². The van der Waals surface area contributed by atoms with E-state index in [0.717, 1.165) is 32.1 Å². The number of rotatable bonds is 4. The van der Waals surface area contributed by atoms with E-state index in [1.165, 1.54) is 5.69 Å². The molecule has 0 atom stereocenters. The number of guanidine groups is 1. The molecule has 0 aliphatic carbocycles. The lowest BCUT2D eigenvalue weighted by Gasteiger charge is -2.21. The maximum absolute atomic E-state index is 4.40. The zero-order valence-corrected chi connectivity index (χ0v) is 10.6. The average molecular weight is 232 g/mol. The number of nitrogens with zero attached hydrogens (tertiary/aromatic N) is 3. The minimum absolute atomic E-state index is 0.910. The fourth-order valence-electron chi connectivity index (χ4n) is 1.87. The highest BCUT2D eigenvalue weighted by Gasteiger charge is 2.11. The molecule has 1 aromatic carbocycles. The molecule has 0 unspecified atom stereocenters. The third-order valence-corrected chi connectivity index (χ3v) is 2.99. The van der Waals surface area contributed by atoms with Crippen molar-refractivity contribution in [3.63, 3.8) is 0 Å². The van der Waals surface area contributed by atoms with E-state index in [1.54, 1.807) is 0 Å². The van der Waals surface area contributed by atoms with Crippen molar-refractivity contribution in [2.75, 3.05) is 45.2 Å².